The van der Waals surface area contributed by atoms with Crippen LogP contribution in [-0.4, -0.2) is 34.8 Å². The summed E-state index contributed by atoms with van der Waals surface area (Å²) in [7, 11) is 2.19. The Morgan fingerprint density at radius 3 is 2.75 bits per heavy atom. The second-order valence-electron chi connectivity index (χ2n) is 4.73. The summed E-state index contributed by atoms with van der Waals surface area (Å²) in [5.74, 6) is 3.34. The van der Waals surface area contributed by atoms with E-state index in [0.717, 1.165) is 11.5 Å². The standard InChI is InChI=1S/C13H19N3/c1-4-12-9-14-16(10-12)11(2)13-5-7-15(3)8-6-13/h1,9-11,13H,5-8H2,2-3H3. The topological polar surface area (TPSA) is 21.1 Å². The number of piperidine rings is 1. The molecule has 2 rings (SSSR count). The van der Waals surface area contributed by atoms with E-state index >= 15 is 0 Å². The second kappa shape index (κ2) is 4.71. The van der Waals surface area contributed by atoms with Gasteiger partial charge in [0.1, 0.15) is 0 Å². The van der Waals surface area contributed by atoms with E-state index in [0.29, 0.717) is 6.04 Å². The zero-order valence-corrected chi connectivity index (χ0v) is 10.1. The lowest BCUT2D eigenvalue weighted by Crippen LogP contribution is -2.33. The Bertz CT molecular complexity index is 380. The van der Waals surface area contributed by atoms with Gasteiger partial charge < -0.3 is 4.90 Å². The van der Waals surface area contributed by atoms with Gasteiger partial charge in [-0.1, -0.05) is 5.92 Å². The molecular weight excluding hydrogens is 198 g/mol. The highest BCUT2D eigenvalue weighted by Crippen LogP contribution is 2.27. The van der Waals surface area contributed by atoms with Crippen molar-refractivity contribution in [3.63, 3.8) is 0 Å². The van der Waals surface area contributed by atoms with E-state index in [4.69, 9.17) is 6.42 Å². The molecule has 3 nitrogen and oxygen atoms in total. The van der Waals surface area contributed by atoms with Crippen molar-refractivity contribution in [3.05, 3.63) is 18.0 Å². The molecule has 0 amide bonds. The van der Waals surface area contributed by atoms with Gasteiger partial charge in [-0.2, -0.15) is 5.10 Å². The van der Waals surface area contributed by atoms with Gasteiger partial charge in [0, 0.05) is 6.20 Å². The van der Waals surface area contributed by atoms with Gasteiger partial charge in [-0.05, 0) is 45.8 Å². The van der Waals surface area contributed by atoms with Crippen LogP contribution in [0.1, 0.15) is 31.4 Å². The van der Waals surface area contributed by atoms with Crippen LogP contribution in [0, 0.1) is 18.3 Å². The Morgan fingerprint density at radius 1 is 1.50 bits per heavy atom. The molecule has 1 aromatic rings. The third-order valence-corrected chi connectivity index (χ3v) is 3.63. The molecule has 1 saturated heterocycles. The molecule has 86 valence electrons. The number of hydrogen-bond donors (Lipinski definition) is 0. The van der Waals surface area contributed by atoms with Crippen molar-refractivity contribution < 1.29 is 0 Å². The molecular formula is C13H19N3. The van der Waals surface area contributed by atoms with E-state index in [-0.39, 0.29) is 0 Å². The summed E-state index contributed by atoms with van der Waals surface area (Å²) in [5.41, 5.74) is 0.875. The van der Waals surface area contributed by atoms with E-state index in [1.54, 1.807) is 6.20 Å². The third kappa shape index (κ3) is 2.28. The van der Waals surface area contributed by atoms with Gasteiger partial charge >= 0.3 is 0 Å². The molecule has 0 aliphatic carbocycles. The summed E-state index contributed by atoms with van der Waals surface area (Å²) in [4.78, 5) is 2.39. The van der Waals surface area contributed by atoms with Crippen molar-refractivity contribution in [2.24, 2.45) is 5.92 Å². The maximum atomic E-state index is 5.35. The molecule has 1 aliphatic rings. The first-order chi connectivity index (χ1) is 7.70. The summed E-state index contributed by atoms with van der Waals surface area (Å²) < 4.78 is 2.02. The van der Waals surface area contributed by atoms with Crippen LogP contribution in [0.4, 0.5) is 0 Å². The molecule has 1 fully saturated rings. The fraction of sp³-hybridized carbons (Fsp3) is 0.615. The van der Waals surface area contributed by atoms with E-state index in [1.807, 2.05) is 10.9 Å². The number of hydrogen-bond acceptors (Lipinski definition) is 2. The van der Waals surface area contributed by atoms with Crippen LogP contribution >= 0.6 is 0 Å². The van der Waals surface area contributed by atoms with Crippen molar-refractivity contribution in [2.45, 2.75) is 25.8 Å². The molecule has 1 unspecified atom stereocenters. The Hall–Kier alpha value is -1.27. The number of aromatic nitrogens is 2. The average molecular weight is 217 g/mol. The Morgan fingerprint density at radius 2 is 2.19 bits per heavy atom. The van der Waals surface area contributed by atoms with E-state index in [2.05, 4.69) is 29.9 Å². The normalized spacial score (nSPS) is 20.6. The maximum Gasteiger partial charge on any atom is 0.0646 e. The number of terminal acetylenes is 1. The zero-order valence-electron chi connectivity index (χ0n) is 10.1. The van der Waals surface area contributed by atoms with Crippen molar-refractivity contribution in [3.8, 4) is 12.3 Å². The third-order valence-electron chi connectivity index (χ3n) is 3.63. The minimum absolute atomic E-state index is 0.454. The van der Waals surface area contributed by atoms with Gasteiger partial charge in [0.15, 0.2) is 0 Å². The highest BCUT2D eigenvalue weighted by atomic mass is 15.3. The van der Waals surface area contributed by atoms with E-state index in [1.165, 1.54) is 25.9 Å². The summed E-state index contributed by atoms with van der Waals surface area (Å²) >= 11 is 0. The molecule has 1 atom stereocenters. The van der Waals surface area contributed by atoms with Gasteiger partial charge in [-0.25, -0.2) is 0 Å². The lowest BCUT2D eigenvalue weighted by atomic mass is 9.91. The van der Waals surface area contributed by atoms with Crippen molar-refractivity contribution >= 4 is 0 Å². The van der Waals surface area contributed by atoms with Gasteiger partial charge in [0.25, 0.3) is 0 Å². The highest BCUT2D eigenvalue weighted by Gasteiger charge is 2.23. The molecule has 0 spiro atoms. The Balaban J connectivity index is 2.02. The van der Waals surface area contributed by atoms with Gasteiger partial charge in [0.05, 0.1) is 17.8 Å². The van der Waals surface area contributed by atoms with Crippen LogP contribution in [-0.2, 0) is 0 Å². The van der Waals surface area contributed by atoms with Gasteiger partial charge in [0.2, 0.25) is 0 Å². The molecule has 0 radical (unpaired) electrons. The first kappa shape index (κ1) is 11.2. The Labute approximate surface area is 97.4 Å². The van der Waals surface area contributed by atoms with Crippen molar-refractivity contribution in [1.82, 2.24) is 14.7 Å². The molecule has 0 saturated carbocycles. The number of rotatable bonds is 2. The summed E-state index contributed by atoms with van der Waals surface area (Å²) in [6.07, 6.45) is 11.6. The largest absolute Gasteiger partial charge is 0.306 e. The van der Waals surface area contributed by atoms with Crippen molar-refractivity contribution in [2.75, 3.05) is 20.1 Å². The number of likely N-dealkylation sites (tertiary alicyclic amines) is 1. The highest BCUT2D eigenvalue weighted by molar-refractivity contribution is 5.26. The molecule has 1 aromatic heterocycles. The van der Waals surface area contributed by atoms with E-state index in [9.17, 15) is 0 Å². The molecule has 2 heterocycles. The predicted molar refractivity (Wildman–Crippen MR) is 65.1 cm³/mol. The van der Waals surface area contributed by atoms with Crippen LogP contribution in [0.15, 0.2) is 12.4 Å². The lowest BCUT2D eigenvalue weighted by molar-refractivity contribution is 0.174. The lowest BCUT2D eigenvalue weighted by Gasteiger charge is -2.32. The SMILES string of the molecule is C#Cc1cnn(C(C)C2CCN(C)CC2)c1. The first-order valence-electron chi connectivity index (χ1n) is 5.90. The fourth-order valence-electron chi connectivity index (χ4n) is 2.36. The quantitative estimate of drug-likeness (QED) is 0.704. The smallest absolute Gasteiger partial charge is 0.0646 e. The van der Waals surface area contributed by atoms with Crippen LogP contribution in [0.3, 0.4) is 0 Å². The van der Waals surface area contributed by atoms with Crippen molar-refractivity contribution in [1.29, 1.82) is 0 Å². The molecule has 0 bridgehead atoms. The molecule has 0 N–H and O–H groups in total. The van der Waals surface area contributed by atoms with Crippen LogP contribution in [0.2, 0.25) is 0 Å². The summed E-state index contributed by atoms with van der Waals surface area (Å²) in [6.45, 7) is 4.62. The number of nitrogens with zero attached hydrogens (tertiary/aromatic N) is 3. The van der Waals surface area contributed by atoms with Gasteiger partial charge in [-0.3, -0.25) is 4.68 Å². The van der Waals surface area contributed by atoms with Gasteiger partial charge in [-0.15, -0.1) is 6.42 Å². The minimum atomic E-state index is 0.454. The Kier molecular flexibility index (Phi) is 3.31. The van der Waals surface area contributed by atoms with Crippen LogP contribution in [0.25, 0.3) is 0 Å². The molecule has 0 aromatic carbocycles. The van der Waals surface area contributed by atoms with E-state index < -0.39 is 0 Å². The summed E-state index contributed by atoms with van der Waals surface area (Å²) in [6, 6.07) is 0.454. The predicted octanol–water partition coefficient (Wildman–Crippen LogP) is 1.77. The average Bonchev–Trinajstić information content (AvgIpc) is 2.77. The monoisotopic (exact) mass is 217 g/mol. The molecule has 3 heteroatoms. The zero-order chi connectivity index (χ0) is 11.5. The first-order valence-corrected chi connectivity index (χ1v) is 5.90. The minimum Gasteiger partial charge on any atom is -0.306 e. The second-order valence-corrected chi connectivity index (χ2v) is 4.73. The maximum absolute atomic E-state index is 5.35. The summed E-state index contributed by atoms with van der Waals surface area (Å²) in [5, 5.41) is 4.34. The molecule has 16 heavy (non-hydrogen) atoms. The fourth-order valence-corrected chi connectivity index (χ4v) is 2.36. The van der Waals surface area contributed by atoms with Crippen LogP contribution in [0.5, 0.6) is 0 Å². The van der Waals surface area contributed by atoms with Crippen LogP contribution < -0.4 is 0 Å². The molecule has 1 aliphatic heterocycles.